The number of nitrogens with one attached hydrogen (secondary N) is 1. The van der Waals surface area contributed by atoms with E-state index >= 15 is 0 Å². The Balaban J connectivity index is 2.54. The molecular weight excluding hydrogens is 240 g/mol. The molecule has 0 aromatic carbocycles. The van der Waals surface area contributed by atoms with Crippen LogP contribution in [0.15, 0.2) is 0 Å². The second-order valence-corrected chi connectivity index (χ2v) is 6.03. The Kier molecular flexibility index (Phi) is 6.23. The maximum absolute atomic E-state index is 11.9. The molecule has 3 N–H and O–H groups in total. The van der Waals surface area contributed by atoms with Crippen LogP contribution in [0.3, 0.4) is 0 Å². The average molecular weight is 270 g/mol. The zero-order valence-electron chi connectivity index (χ0n) is 12.9. The molecule has 1 atom stereocenters. The lowest BCUT2D eigenvalue weighted by Crippen LogP contribution is -2.62. The molecule has 1 amide bonds. The predicted molar refractivity (Wildman–Crippen MR) is 79.0 cm³/mol. The number of hydrogen-bond acceptors (Lipinski definition) is 4. The molecule has 1 unspecified atom stereocenters. The number of nitrogens with two attached hydrogens (primary N) is 1. The summed E-state index contributed by atoms with van der Waals surface area (Å²) in [7, 11) is 6.24. The van der Waals surface area contributed by atoms with Gasteiger partial charge in [0.05, 0.1) is 0 Å². The molecule has 0 aromatic rings. The molecule has 1 aliphatic carbocycles. The van der Waals surface area contributed by atoms with Gasteiger partial charge in [-0.15, -0.1) is 0 Å². The van der Waals surface area contributed by atoms with Crippen LogP contribution in [0.25, 0.3) is 0 Å². The third kappa shape index (κ3) is 4.75. The molecule has 0 aromatic heterocycles. The Morgan fingerprint density at radius 3 is 2.37 bits per heavy atom. The quantitative estimate of drug-likeness (QED) is 0.592. The van der Waals surface area contributed by atoms with Gasteiger partial charge in [-0.25, -0.2) is 0 Å². The van der Waals surface area contributed by atoms with Crippen molar-refractivity contribution in [1.29, 1.82) is 0 Å². The highest BCUT2D eigenvalue weighted by Crippen LogP contribution is 2.40. The van der Waals surface area contributed by atoms with Gasteiger partial charge in [0.2, 0.25) is 5.91 Å². The van der Waals surface area contributed by atoms with Crippen molar-refractivity contribution in [2.24, 2.45) is 11.7 Å². The summed E-state index contributed by atoms with van der Waals surface area (Å²) < 4.78 is 0. The normalized spacial score (nSPS) is 18.8. The number of hydrogen-bond donors (Lipinski definition) is 2. The van der Waals surface area contributed by atoms with Crippen molar-refractivity contribution >= 4 is 5.91 Å². The standard InChI is InChI=1S/C14H30N4O/c1-5-16-14(13(15)19,12-7-8-12)11-18(4)10-6-9-17(2)3/h12,16H,5-11H2,1-4H3,(H2,15,19). The van der Waals surface area contributed by atoms with Crippen LogP contribution in [0.1, 0.15) is 26.2 Å². The van der Waals surface area contributed by atoms with Gasteiger partial charge < -0.3 is 20.9 Å². The van der Waals surface area contributed by atoms with Crippen LogP contribution in [0, 0.1) is 5.92 Å². The molecule has 5 heteroatoms. The fourth-order valence-corrected chi connectivity index (χ4v) is 2.75. The van der Waals surface area contributed by atoms with Crippen LogP contribution < -0.4 is 11.1 Å². The summed E-state index contributed by atoms with van der Waals surface area (Å²) in [6.45, 7) is 5.59. The highest BCUT2D eigenvalue weighted by Gasteiger charge is 2.49. The van der Waals surface area contributed by atoms with Crippen molar-refractivity contribution < 1.29 is 4.79 Å². The number of likely N-dealkylation sites (N-methyl/N-ethyl adjacent to an activating group) is 2. The molecule has 1 fully saturated rings. The Labute approximate surface area is 117 Å². The fraction of sp³-hybridized carbons (Fsp3) is 0.929. The zero-order chi connectivity index (χ0) is 14.5. The zero-order valence-corrected chi connectivity index (χ0v) is 12.9. The Morgan fingerprint density at radius 2 is 1.95 bits per heavy atom. The number of rotatable bonds is 10. The van der Waals surface area contributed by atoms with E-state index in [-0.39, 0.29) is 5.91 Å². The summed E-state index contributed by atoms with van der Waals surface area (Å²) in [6, 6.07) is 0. The molecule has 0 heterocycles. The number of nitrogens with zero attached hydrogens (tertiary/aromatic N) is 2. The van der Waals surface area contributed by atoms with Crippen LogP contribution in [0.4, 0.5) is 0 Å². The van der Waals surface area contributed by atoms with E-state index in [2.05, 4.69) is 36.3 Å². The van der Waals surface area contributed by atoms with Gasteiger partial charge in [0.25, 0.3) is 0 Å². The van der Waals surface area contributed by atoms with Gasteiger partial charge in [-0.3, -0.25) is 4.79 Å². The molecule has 0 saturated heterocycles. The van der Waals surface area contributed by atoms with Gasteiger partial charge >= 0.3 is 0 Å². The number of primary amides is 1. The van der Waals surface area contributed by atoms with Gasteiger partial charge in [-0.05, 0) is 66.0 Å². The van der Waals surface area contributed by atoms with Gasteiger partial charge in [-0.1, -0.05) is 6.92 Å². The summed E-state index contributed by atoms with van der Waals surface area (Å²) in [5.74, 6) is 0.220. The first-order chi connectivity index (χ1) is 8.92. The monoisotopic (exact) mass is 270 g/mol. The number of carbonyl (C=O) groups is 1. The third-order valence-electron chi connectivity index (χ3n) is 3.87. The van der Waals surface area contributed by atoms with Crippen molar-refractivity contribution in [1.82, 2.24) is 15.1 Å². The minimum Gasteiger partial charge on any atom is -0.368 e. The predicted octanol–water partition coefficient (Wildman–Crippen LogP) is 0.114. The Hall–Kier alpha value is -0.650. The summed E-state index contributed by atoms with van der Waals surface area (Å²) in [5, 5.41) is 3.36. The highest BCUT2D eigenvalue weighted by atomic mass is 16.1. The van der Waals surface area contributed by atoms with Crippen molar-refractivity contribution in [3.8, 4) is 0 Å². The number of carbonyl (C=O) groups excluding carboxylic acids is 1. The lowest BCUT2D eigenvalue weighted by atomic mass is 9.91. The maximum Gasteiger partial charge on any atom is 0.239 e. The molecular formula is C14H30N4O. The summed E-state index contributed by atoms with van der Waals surface area (Å²) in [4.78, 5) is 16.3. The van der Waals surface area contributed by atoms with E-state index in [1.54, 1.807) is 0 Å². The van der Waals surface area contributed by atoms with Crippen molar-refractivity contribution in [2.45, 2.75) is 31.7 Å². The van der Waals surface area contributed by atoms with E-state index in [4.69, 9.17) is 5.73 Å². The molecule has 1 aliphatic rings. The molecule has 1 saturated carbocycles. The molecule has 0 aliphatic heterocycles. The van der Waals surface area contributed by atoms with Gasteiger partial charge in [-0.2, -0.15) is 0 Å². The maximum atomic E-state index is 11.9. The van der Waals surface area contributed by atoms with Crippen LogP contribution >= 0.6 is 0 Å². The molecule has 0 spiro atoms. The summed E-state index contributed by atoms with van der Waals surface area (Å²) in [6.07, 6.45) is 3.33. The molecule has 112 valence electrons. The minimum atomic E-state index is -0.526. The first-order valence-electron chi connectivity index (χ1n) is 7.30. The molecule has 19 heavy (non-hydrogen) atoms. The lowest BCUT2D eigenvalue weighted by molar-refractivity contribution is -0.126. The van der Waals surface area contributed by atoms with Crippen LogP contribution in [-0.4, -0.2) is 68.6 Å². The summed E-state index contributed by atoms with van der Waals surface area (Å²) >= 11 is 0. The van der Waals surface area contributed by atoms with Crippen LogP contribution in [0.2, 0.25) is 0 Å². The highest BCUT2D eigenvalue weighted by molar-refractivity contribution is 5.86. The van der Waals surface area contributed by atoms with Gasteiger partial charge in [0, 0.05) is 6.54 Å². The minimum absolute atomic E-state index is 0.198. The Bertz CT molecular complexity index is 291. The van der Waals surface area contributed by atoms with Crippen molar-refractivity contribution in [3.05, 3.63) is 0 Å². The third-order valence-corrected chi connectivity index (χ3v) is 3.87. The first-order valence-corrected chi connectivity index (χ1v) is 7.30. The Morgan fingerprint density at radius 1 is 1.32 bits per heavy atom. The SMILES string of the molecule is CCNC(CN(C)CCCN(C)C)(C(N)=O)C1CC1. The topological polar surface area (TPSA) is 61.6 Å². The molecule has 0 radical (unpaired) electrons. The lowest BCUT2D eigenvalue weighted by Gasteiger charge is -2.35. The molecule has 1 rings (SSSR count). The second kappa shape index (κ2) is 7.22. The average Bonchev–Trinajstić information content (AvgIpc) is 3.11. The first kappa shape index (κ1) is 16.4. The van der Waals surface area contributed by atoms with Gasteiger partial charge in [0.15, 0.2) is 0 Å². The van der Waals surface area contributed by atoms with E-state index in [1.165, 1.54) is 0 Å². The summed E-state index contributed by atoms with van der Waals surface area (Å²) in [5.41, 5.74) is 5.16. The van der Waals surface area contributed by atoms with E-state index < -0.39 is 5.54 Å². The van der Waals surface area contributed by atoms with E-state index in [0.29, 0.717) is 12.5 Å². The molecule has 0 bridgehead atoms. The van der Waals surface area contributed by atoms with Crippen LogP contribution in [-0.2, 0) is 4.79 Å². The van der Waals surface area contributed by atoms with Gasteiger partial charge in [0.1, 0.15) is 5.54 Å². The second-order valence-electron chi connectivity index (χ2n) is 6.03. The van der Waals surface area contributed by atoms with E-state index in [1.807, 2.05) is 6.92 Å². The van der Waals surface area contributed by atoms with Crippen molar-refractivity contribution in [3.63, 3.8) is 0 Å². The van der Waals surface area contributed by atoms with E-state index in [9.17, 15) is 4.79 Å². The van der Waals surface area contributed by atoms with E-state index in [0.717, 1.165) is 38.9 Å². The fourth-order valence-electron chi connectivity index (χ4n) is 2.75. The molecule has 5 nitrogen and oxygen atoms in total. The largest absolute Gasteiger partial charge is 0.368 e. The van der Waals surface area contributed by atoms with Crippen LogP contribution in [0.5, 0.6) is 0 Å². The smallest absolute Gasteiger partial charge is 0.239 e. The van der Waals surface area contributed by atoms with Crippen molar-refractivity contribution in [2.75, 3.05) is 47.3 Å². The number of amides is 1.